The predicted octanol–water partition coefficient (Wildman–Crippen LogP) is 6.60. The number of aliphatic hydroxyl groups excluding tert-OH is 1. The van der Waals surface area contributed by atoms with Gasteiger partial charge in [0.1, 0.15) is 0 Å². The van der Waals surface area contributed by atoms with Crippen LogP contribution in [0.5, 0.6) is 0 Å². The minimum absolute atomic E-state index is 0.0592. The maximum atomic E-state index is 11.7. The molecule has 0 heterocycles. The summed E-state index contributed by atoms with van der Waals surface area (Å²) >= 11 is 7.27. The number of esters is 1. The van der Waals surface area contributed by atoms with Crippen LogP contribution >= 0.6 is 24.0 Å². The third kappa shape index (κ3) is 9.23. The van der Waals surface area contributed by atoms with E-state index in [1.807, 2.05) is 43.0 Å². The molecule has 1 fully saturated rings. The van der Waals surface area contributed by atoms with E-state index in [2.05, 4.69) is 20.1 Å². The molecule has 0 amide bonds. The lowest BCUT2D eigenvalue weighted by molar-refractivity contribution is -0.145. The molecular formula is C26H42O3S2. The highest BCUT2D eigenvalue weighted by molar-refractivity contribution is 7.98. The number of aliphatic hydroxyl groups is 1. The normalized spacial score (nSPS) is 16.3. The molecule has 2 rings (SSSR count). The summed E-state index contributed by atoms with van der Waals surface area (Å²) in [5, 5.41) is 9.12. The van der Waals surface area contributed by atoms with Gasteiger partial charge >= 0.3 is 5.97 Å². The summed E-state index contributed by atoms with van der Waals surface area (Å²) in [4.78, 5) is 12.9. The first-order valence-corrected chi connectivity index (χ1v) is 13.4. The van der Waals surface area contributed by atoms with Gasteiger partial charge in [-0.25, -0.2) is 0 Å². The Kier molecular flexibility index (Phi) is 13.6. The van der Waals surface area contributed by atoms with Crippen LogP contribution in [0.15, 0.2) is 24.3 Å². The third-order valence-electron chi connectivity index (χ3n) is 6.54. The lowest BCUT2D eigenvalue weighted by Gasteiger charge is -2.42. The first-order chi connectivity index (χ1) is 14.8. The van der Waals surface area contributed by atoms with Gasteiger partial charge in [-0.05, 0) is 73.4 Å². The van der Waals surface area contributed by atoms with E-state index in [1.165, 1.54) is 49.8 Å². The molecule has 3 nitrogen and oxygen atoms in total. The zero-order valence-corrected chi connectivity index (χ0v) is 21.7. The molecule has 2 unspecified atom stereocenters. The molecule has 1 aliphatic carbocycles. The topological polar surface area (TPSA) is 46.5 Å². The average Bonchev–Trinajstić information content (AvgIpc) is 2.74. The highest BCUT2D eigenvalue weighted by Gasteiger charge is 2.37. The third-order valence-corrected chi connectivity index (χ3v) is 7.67. The number of methoxy groups -OCH3 is 1. The standard InChI is InChI=1S/C16H24O3.C10H18S2/c1-4-5-15(16(18)19-3)10-13-6-8-14(9-7-13)12(2)11-17;1-9(11)10(5-3-6-10)7-4-8-12-2/h6-9,12,15,17H,4-5,10-11H2,1-3H3;3-8H2,1-2H3. The van der Waals surface area contributed by atoms with Crippen LogP contribution in [0.3, 0.4) is 0 Å². The second kappa shape index (κ2) is 15.0. The molecule has 31 heavy (non-hydrogen) atoms. The highest BCUT2D eigenvalue weighted by atomic mass is 32.2. The minimum Gasteiger partial charge on any atom is -0.469 e. The van der Waals surface area contributed by atoms with E-state index < -0.39 is 0 Å². The van der Waals surface area contributed by atoms with E-state index in [0.717, 1.165) is 24.0 Å². The van der Waals surface area contributed by atoms with Gasteiger partial charge in [0, 0.05) is 17.9 Å². The van der Waals surface area contributed by atoms with Gasteiger partial charge in [-0.3, -0.25) is 4.79 Å². The van der Waals surface area contributed by atoms with Gasteiger partial charge in [0.2, 0.25) is 0 Å². The molecule has 1 aliphatic rings. The molecule has 2 atom stereocenters. The molecule has 0 radical (unpaired) electrons. The van der Waals surface area contributed by atoms with E-state index in [0.29, 0.717) is 11.8 Å². The summed E-state index contributed by atoms with van der Waals surface area (Å²) in [6.07, 6.45) is 11.5. The van der Waals surface area contributed by atoms with Gasteiger partial charge in [-0.15, -0.1) is 0 Å². The van der Waals surface area contributed by atoms with E-state index in [-0.39, 0.29) is 24.4 Å². The van der Waals surface area contributed by atoms with Crippen molar-refractivity contribution in [2.24, 2.45) is 11.3 Å². The predicted molar refractivity (Wildman–Crippen MR) is 138 cm³/mol. The number of ether oxygens (including phenoxy) is 1. The largest absolute Gasteiger partial charge is 0.469 e. The number of rotatable bonds is 12. The van der Waals surface area contributed by atoms with Gasteiger partial charge < -0.3 is 9.84 Å². The van der Waals surface area contributed by atoms with Gasteiger partial charge in [0.15, 0.2) is 0 Å². The Labute approximate surface area is 199 Å². The Balaban J connectivity index is 0.000000343. The molecule has 176 valence electrons. The summed E-state index contributed by atoms with van der Waals surface area (Å²) in [7, 11) is 1.44. The molecule has 0 aromatic heterocycles. The van der Waals surface area contributed by atoms with Crippen LogP contribution in [0.25, 0.3) is 0 Å². The van der Waals surface area contributed by atoms with Crippen molar-refractivity contribution in [3.63, 3.8) is 0 Å². The van der Waals surface area contributed by atoms with Crippen molar-refractivity contribution in [1.82, 2.24) is 0 Å². The first kappa shape index (κ1) is 28.1. The van der Waals surface area contributed by atoms with Crippen LogP contribution < -0.4 is 0 Å². The maximum absolute atomic E-state index is 11.7. The van der Waals surface area contributed by atoms with Crippen molar-refractivity contribution in [2.45, 2.75) is 78.1 Å². The lowest BCUT2D eigenvalue weighted by Crippen LogP contribution is -2.35. The molecule has 1 aromatic carbocycles. The van der Waals surface area contributed by atoms with Crippen LogP contribution in [0, 0.1) is 11.3 Å². The van der Waals surface area contributed by atoms with Crippen LogP contribution in [-0.2, 0) is 16.0 Å². The molecular weight excluding hydrogens is 424 g/mol. The summed E-state index contributed by atoms with van der Waals surface area (Å²) in [5.74, 6) is 1.26. The van der Waals surface area contributed by atoms with Gasteiger partial charge in [-0.2, -0.15) is 11.8 Å². The number of carbonyl (C=O) groups excluding carboxylic acids is 1. The van der Waals surface area contributed by atoms with E-state index in [9.17, 15) is 4.79 Å². The molecule has 0 bridgehead atoms. The second-order valence-corrected chi connectivity index (χ2v) is 10.4. The number of benzene rings is 1. The van der Waals surface area contributed by atoms with Gasteiger partial charge in [0.25, 0.3) is 0 Å². The van der Waals surface area contributed by atoms with Crippen molar-refractivity contribution in [2.75, 3.05) is 25.7 Å². The fourth-order valence-electron chi connectivity index (χ4n) is 4.13. The molecule has 1 N–H and O–H groups in total. The first-order valence-electron chi connectivity index (χ1n) is 11.6. The van der Waals surface area contributed by atoms with Crippen molar-refractivity contribution < 1.29 is 14.6 Å². The molecule has 0 aliphatic heterocycles. The van der Waals surface area contributed by atoms with Gasteiger partial charge in [0.05, 0.1) is 13.0 Å². The SMILES string of the molecule is CCCC(Cc1ccc(C(C)CO)cc1)C(=O)OC.CSCCCC1(C(C)=S)CCC1. The number of thiocarbonyl (C=S) groups is 1. The number of thioether (sulfide) groups is 1. The fourth-order valence-corrected chi connectivity index (χ4v) is 4.87. The van der Waals surface area contributed by atoms with Crippen LogP contribution in [0.1, 0.15) is 82.8 Å². The summed E-state index contributed by atoms with van der Waals surface area (Å²) in [6, 6.07) is 8.12. The van der Waals surface area contributed by atoms with Crippen molar-refractivity contribution >= 4 is 34.8 Å². The summed E-state index contributed by atoms with van der Waals surface area (Å²) in [5.41, 5.74) is 2.75. The molecule has 0 saturated heterocycles. The molecule has 0 spiro atoms. The lowest BCUT2D eigenvalue weighted by atomic mass is 9.64. The smallest absolute Gasteiger partial charge is 0.308 e. The molecule has 1 aromatic rings. The number of carbonyl (C=O) groups is 1. The summed E-state index contributed by atoms with van der Waals surface area (Å²) < 4.78 is 4.84. The maximum Gasteiger partial charge on any atom is 0.308 e. The van der Waals surface area contributed by atoms with Crippen molar-refractivity contribution in [1.29, 1.82) is 0 Å². The quantitative estimate of drug-likeness (QED) is 0.213. The Morgan fingerprint density at radius 1 is 1.29 bits per heavy atom. The van der Waals surface area contributed by atoms with E-state index >= 15 is 0 Å². The summed E-state index contributed by atoms with van der Waals surface area (Å²) in [6.45, 7) is 6.35. The second-order valence-electron chi connectivity index (χ2n) is 8.82. The molecule has 5 heteroatoms. The zero-order valence-electron chi connectivity index (χ0n) is 20.1. The van der Waals surface area contributed by atoms with Crippen molar-refractivity contribution in [3.05, 3.63) is 35.4 Å². The Bertz CT molecular complexity index is 653. The van der Waals surface area contributed by atoms with Gasteiger partial charge in [-0.1, -0.05) is 63.2 Å². The monoisotopic (exact) mass is 466 g/mol. The Morgan fingerprint density at radius 3 is 2.35 bits per heavy atom. The number of hydrogen-bond donors (Lipinski definition) is 1. The zero-order chi connectivity index (χ0) is 23.3. The fraction of sp³-hybridized carbons (Fsp3) is 0.692. The highest BCUT2D eigenvalue weighted by Crippen LogP contribution is 2.46. The van der Waals surface area contributed by atoms with E-state index in [4.69, 9.17) is 22.1 Å². The van der Waals surface area contributed by atoms with E-state index in [1.54, 1.807) is 0 Å². The minimum atomic E-state index is -0.130. The average molecular weight is 467 g/mol. The van der Waals surface area contributed by atoms with Crippen LogP contribution in [-0.4, -0.2) is 41.7 Å². The Hall–Kier alpha value is -0.910. The van der Waals surface area contributed by atoms with Crippen LogP contribution in [0.2, 0.25) is 0 Å². The van der Waals surface area contributed by atoms with Crippen molar-refractivity contribution in [3.8, 4) is 0 Å². The van der Waals surface area contributed by atoms with Crippen LogP contribution in [0.4, 0.5) is 0 Å². The Morgan fingerprint density at radius 2 is 1.94 bits per heavy atom. The molecule has 1 saturated carbocycles. The number of hydrogen-bond acceptors (Lipinski definition) is 5.